The summed E-state index contributed by atoms with van der Waals surface area (Å²) in [5.41, 5.74) is 15.1. The molecule has 0 aromatic heterocycles. The van der Waals surface area contributed by atoms with Crippen LogP contribution in [-0.4, -0.2) is 78.5 Å². The van der Waals surface area contributed by atoms with Crippen LogP contribution in [0.15, 0.2) is 96.0 Å². The third-order valence-corrected chi connectivity index (χ3v) is 7.41. The number of guanidine groups is 1. The van der Waals surface area contributed by atoms with Crippen LogP contribution in [0.1, 0.15) is 36.0 Å². The molecule has 0 bridgehead atoms. The van der Waals surface area contributed by atoms with Gasteiger partial charge in [0.25, 0.3) is 5.96 Å². The minimum absolute atomic E-state index is 0.0450. The number of aliphatic imine (C=N–C) groups is 1. The van der Waals surface area contributed by atoms with Crippen LogP contribution in [0, 0.1) is 10.1 Å². The number of nitro groups is 1. The van der Waals surface area contributed by atoms with E-state index in [4.69, 9.17) is 25.7 Å². The van der Waals surface area contributed by atoms with E-state index in [2.05, 4.69) is 20.9 Å². The van der Waals surface area contributed by atoms with E-state index in [9.17, 15) is 34.1 Å². The summed E-state index contributed by atoms with van der Waals surface area (Å²) in [5.74, 6) is -4.53. The number of amides is 3. The van der Waals surface area contributed by atoms with E-state index in [-0.39, 0.29) is 45.8 Å². The summed E-state index contributed by atoms with van der Waals surface area (Å²) >= 11 is 0. The monoisotopic (exact) mass is 748 g/mol. The largest absolute Gasteiger partial charge is 0.461 e. The fourth-order valence-corrected chi connectivity index (χ4v) is 4.63. The Kier molecular flexibility index (Phi) is 18.1. The molecule has 18 nitrogen and oxygen atoms in total. The van der Waals surface area contributed by atoms with Crippen molar-refractivity contribution in [3.05, 3.63) is 118 Å². The van der Waals surface area contributed by atoms with E-state index in [1.807, 2.05) is 36.4 Å². The first-order valence-corrected chi connectivity index (χ1v) is 16.9. The SMILES string of the molecule is NC(=NCCC[C@H](N)C(=O)NCC(=O)N[C@H](CC(=O)OCc1ccccc1)C(=O)N[C@@H](COCc1ccccc1)C(=O)OCc1ccccc1)N[N+](=O)[O-]. The number of carbonyl (C=O) groups excluding carboxylic acids is 5. The second-order valence-corrected chi connectivity index (χ2v) is 11.7. The molecule has 0 saturated heterocycles. The quantitative estimate of drug-likeness (QED) is 0.0203. The number of hydrogen-bond donors (Lipinski definition) is 6. The van der Waals surface area contributed by atoms with Gasteiger partial charge < -0.3 is 41.6 Å². The van der Waals surface area contributed by atoms with Crippen LogP contribution < -0.4 is 32.8 Å². The smallest absolute Gasteiger partial charge is 0.331 e. The van der Waals surface area contributed by atoms with Crippen LogP contribution in [0.3, 0.4) is 0 Å². The van der Waals surface area contributed by atoms with Gasteiger partial charge >= 0.3 is 11.9 Å². The van der Waals surface area contributed by atoms with Crippen molar-refractivity contribution in [1.29, 1.82) is 0 Å². The molecule has 18 heteroatoms. The number of nitrogens with two attached hydrogens (primary N) is 2. The first-order valence-electron chi connectivity index (χ1n) is 16.9. The lowest BCUT2D eigenvalue weighted by Crippen LogP contribution is -2.55. The zero-order valence-electron chi connectivity index (χ0n) is 29.4. The maximum Gasteiger partial charge on any atom is 0.331 e. The third kappa shape index (κ3) is 16.7. The second-order valence-electron chi connectivity index (χ2n) is 11.7. The molecule has 3 atom stereocenters. The number of nitrogens with zero attached hydrogens (tertiary/aromatic N) is 2. The first-order chi connectivity index (χ1) is 26.0. The van der Waals surface area contributed by atoms with E-state index in [1.165, 1.54) is 0 Å². The number of hydrogen-bond acceptors (Lipinski definition) is 12. The summed E-state index contributed by atoms with van der Waals surface area (Å²) in [6.07, 6.45) is -0.267. The van der Waals surface area contributed by atoms with Gasteiger partial charge in [-0.3, -0.25) is 19.2 Å². The van der Waals surface area contributed by atoms with E-state index in [1.54, 1.807) is 60.0 Å². The summed E-state index contributed by atoms with van der Waals surface area (Å²) in [6.45, 7) is -0.932. The molecule has 3 rings (SSSR count). The molecule has 3 amide bonds. The molecule has 0 fully saturated rings. The molecule has 3 aromatic rings. The molecule has 8 N–H and O–H groups in total. The van der Waals surface area contributed by atoms with Crippen LogP contribution in [0.25, 0.3) is 0 Å². The fraction of sp³-hybridized carbons (Fsp3) is 0.333. The summed E-state index contributed by atoms with van der Waals surface area (Å²) in [6, 6.07) is 22.9. The molecule has 0 radical (unpaired) electrons. The molecule has 0 aliphatic carbocycles. The summed E-state index contributed by atoms with van der Waals surface area (Å²) < 4.78 is 16.5. The standard InChI is InChI=1S/C36H44N8O10/c37-28(17-10-18-39-36(38)43-44(50)51)33(47)40-20-31(45)41-29(19-32(46)53-22-26-13-6-2-7-14-26)34(48)42-30(24-52-21-25-11-4-1-5-12-25)35(49)54-23-27-15-8-3-9-16-27/h1-9,11-16,28-30H,10,17-24,37H2,(H,40,47)(H,41,45)(H,42,48)(H3,38,39,43)/t28-,29+,30-/m0/s1. The Morgan fingerprint density at radius 1 is 0.759 bits per heavy atom. The Hall–Kier alpha value is -6.40. The number of esters is 2. The van der Waals surface area contributed by atoms with Crippen molar-refractivity contribution in [1.82, 2.24) is 21.4 Å². The van der Waals surface area contributed by atoms with Gasteiger partial charge in [-0.2, -0.15) is 0 Å². The van der Waals surface area contributed by atoms with Crippen LogP contribution in [0.2, 0.25) is 0 Å². The Morgan fingerprint density at radius 3 is 1.89 bits per heavy atom. The number of benzene rings is 3. The van der Waals surface area contributed by atoms with Crippen LogP contribution in [0.5, 0.6) is 0 Å². The summed E-state index contributed by atoms with van der Waals surface area (Å²) in [5, 5.41) is 16.8. The van der Waals surface area contributed by atoms with E-state index >= 15 is 0 Å². The lowest BCUT2D eigenvalue weighted by Gasteiger charge is -2.23. The van der Waals surface area contributed by atoms with E-state index in [0.717, 1.165) is 5.56 Å². The number of carbonyl (C=O) groups is 5. The topological polar surface area (TPSA) is 269 Å². The van der Waals surface area contributed by atoms with Gasteiger partial charge in [0.05, 0.1) is 32.2 Å². The highest BCUT2D eigenvalue weighted by Crippen LogP contribution is 2.08. The molecule has 288 valence electrons. The highest BCUT2D eigenvalue weighted by atomic mass is 16.7. The predicted octanol–water partition coefficient (Wildman–Crippen LogP) is 0.369. The van der Waals surface area contributed by atoms with Crippen LogP contribution in [0.4, 0.5) is 0 Å². The molecule has 54 heavy (non-hydrogen) atoms. The van der Waals surface area contributed by atoms with Gasteiger partial charge in [-0.05, 0) is 29.5 Å². The lowest BCUT2D eigenvalue weighted by molar-refractivity contribution is -0.525. The summed E-state index contributed by atoms with van der Waals surface area (Å²) in [7, 11) is 0. The van der Waals surface area contributed by atoms with Gasteiger partial charge in [-0.15, -0.1) is 0 Å². The molecular weight excluding hydrogens is 704 g/mol. The number of hydrazine groups is 1. The molecular formula is C36H44N8O10. The van der Waals surface area contributed by atoms with Crippen molar-refractivity contribution < 1.29 is 43.2 Å². The zero-order chi connectivity index (χ0) is 39.1. The second kappa shape index (κ2) is 23.2. The van der Waals surface area contributed by atoms with Gasteiger partial charge in [0, 0.05) is 6.54 Å². The number of nitrogens with one attached hydrogen (secondary N) is 4. The van der Waals surface area contributed by atoms with E-state index in [0.29, 0.717) is 11.1 Å². The highest BCUT2D eigenvalue weighted by Gasteiger charge is 2.30. The Bertz CT molecular complexity index is 1700. The van der Waals surface area contributed by atoms with Crippen molar-refractivity contribution in [3.63, 3.8) is 0 Å². The third-order valence-electron chi connectivity index (χ3n) is 7.41. The maximum atomic E-state index is 13.6. The lowest BCUT2D eigenvalue weighted by atomic mass is 10.1. The van der Waals surface area contributed by atoms with Crippen molar-refractivity contribution in [3.8, 4) is 0 Å². The Balaban J connectivity index is 1.65. The fourth-order valence-electron chi connectivity index (χ4n) is 4.63. The molecule has 0 unspecified atom stereocenters. The minimum Gasteiger partial charge on any atom is -0.461 e. The summed E-state index contributed by atoms with van der Waals surface area (Å²) in [4.78, 5) is 79.4. The molecule has 3 aromatic carbocycles. The molecule has 0 saturated carbocycles. The number of ether oxygens (including phenoxy) is 3. The van der Waals surface area contributed by atoms with Gasteiger partial charge in [0.1, 0.15) is 19.3 Å². The average Bonchev–Trinajstić information content (AvgIpc) is 3.17. The van der Waals surface area contributed by atoms with Gasteiger partial charge in [-0.25, -0.2) is 19.9 Å². The van der Waals surface area contributed by atoms with Crippen molar-refractivity contribution in [2.45, 2.75) is 57.2 Å². The Morgan fingerprint density at radius 2 is 1.31 bits per heavy atom. The van der Waals surface area contributed by atoms with E-state index < -0.39 is 71.7 Å². The minimum atomic E-state index is -1.54. The molecule has 0 aliphatic heterocycles. The van der Waals surface area contributed by atoms with Crippen LogP contribution in [-0.2, 0) is 58.0 Å². The van der Waals surface area contributed by atoms with Crippen molar-refractivity contribution in [2.75, 3.05) is 19.7 Å². The first kappa shape index (κ1) is 42.0. The van der Waals surface area contributed by atoms with Crippen molar-refractivity contribution in [2.24, 2.45) is 16.5 Å². The number of rotatable bonds is 22. The molecule has 0 spiro atoms. The maximum absolute atomic E-state index is 13.6. The Labute approximate surface area is 311 Å². The van der Waals surface area contributed by atoms with Crippen LogP contribution >= 0.6 is 0 Å². The van der Waals surface area contributed by atoms with Gasteiger partial charge in [0.2, 0.25) is 17.7 Å². The molecule has 0 aliphatic rings. The highest BCUT2D eigenvalue weighted by molar-refractivity contribution is 5.94. The zero-order valence-corrected chi connectivity index (χ0v) is 29.4. The van der Waals surface area contributed by atoms with Crippen molar-refractivity contribution >= 4 is 35.6 Å². The predicted molar refractivity (Wildman–Crippen MR) is 194 cm³/mol. The molecule has 0 heterocycles. The average molecular weight is 749 g/mol. The van der Waals surface area contributed by atoms with Gasteiger partial charge in [0.15, 0.2) is 11.1 Å². The van der Waals surface area contributed by atoms with Gasteiger partial charge in [-0.1, -0.05) is 96.4 Å². The normalized spacial score (nSPS) is 12.6.